The molecular weight excluding hydrogens is 450 g/mol. The Morgan fingerprint density at radius 2 is 1.44 bits per heavy atom. The van der Waals surface area contributed by atoms with E-state index in [1.54, 1.807) is 41.3 Å². The molecule has 2 aliphatic heterocycles. The van der Waals surface area contributed by atoms with Crippen LogP contribution in [0.25, 0.3) is 0 Å². The van der Waals surface area contributed by atoms with E-state index in [4.69, 9.17) is 4.74 Å². The van der Waals surface area contributed by atoms with Crippen molar-refractivity contribution in [1.82, 2.24) is 4.90 Å². The summed E-state index contributed by atoms with van der Waals surface area (Å²) in [6.07, 6.45) is -0.885. The highest BCUT2D eigenvalue weighted by Gasteiger charge is 2.39. The van der Waals surface area contributed by atoms with E-state index in [1.807, 2.05) is 36.4 Å². The molecule has 176 valence electrons. The van der Waals surface area contributed by atoms with Crippen LogP contribution >= 0.6 is 0 Å². The van der Waals surface area contributed by atoms with E-state index < -0.39 is 16.1 Å². The normalized spacial score (nSPS) is 18.2. The minimum Gasteiger partial charge on any atom is -0.476 e. The Labute approximate surface area is 200 Å². The Bertz CT molecular complexity index is 1240. The summed E-state index contributed by atoms with van der Waals surface area (Å²) in [7, 11) is -3.72. The van der Waals surface area contributed by atoms with E-state index in [-0.39, 0.29) is 18.2 Å². The third kappa shape index (κ3) is 4.59. The van der Waals surface area contributed by atoms with Crippen molar-refractivity contribution in [3.63, 3.8) is 0 Å². The number of hydrogen-bond acceptors (Lipinski definition) is 5. The molecule has 34 heavy (non-hydrogen) atoms. The Balaban J connectivity index is 1.33. The lowest BCUT2D eigenvalue weighted by Gasteiger charge is -2.40. The molecule has 0 bridgehead atoms. The number of piperazine rings is 1. The lowest BCUT2D eigenvalue weighted by Crippen LogP contribution is -2.56. The number of benzene rings is 3. The summed E-state index contributed by atoms with van der Waals surface area (Å²) in [5.41, 5.74) is 2.30. The quantitative estimate of drug-likeness (QED) is 0.565. The zero-order valence-electron chi connectivity index (χ0n) is 18.8. The van der Waals surface area contributed by atoms with Gasteiger partial charge in [-0.2, -0.15) is 0 Å². The third-order valence-corrected chi connectivity index (χ3v) is 7.97. The molecule has 8 heteroatoms. The summed E-state index contributed by atoms with van der Waals surface area (Å²) in [4.78, 5) is 17.4. The molecule has 3 aromatic rings. The van der Waals surface area contributed by atoms with E-state index in [1.165, 1.54) is 4.31 Å². The molecule has 0 aliphatic carbocycles. The largest absolute Gasteiger partial charge is 0.476 e. The first-order valence-corrected chi connectivity index (χ1v) is 13.0. The average Bonchev–Trinajstić information content (AvgIpc) is 2.88. The highest BCUT2D eigenvalue weighted by Crippen LogP contribution is 2.36. The van der Waals surface area contributed by atoms with Gasteiger partial charge in [-0.3, -0.25) is 9.10 Å². The Morgan fingerprint density at radius 3 is 2.15 bits per heavy atom. The minimum absolute atomic E-state index is 0.0378. The number of fused-ring (bicyclic) bond motifs is 1. The van der Waals surface area contributed by atoms with Gasteiger partial charge in [-0.05, 0) is 29.8 Å². The molecule has 1 fully saturated rings. The van der Waals surface area contributed by atoms with Gasteiger partial charge >= 0.3 is 0 Å². The molecule has 5 rings (SSSR count). The van der Waals surface area contributed by atoms with E-state index in [0.717, 1.165) is 18.8 Å². The molecule has 0 aromatic heterocycles. The van der Waals surface area contributed by atoms with Crippen LogP contribution in [0.4, 0.5) is 11.4 Å². The van der Waals surface area contributed by atoms with Crippen molar-refractivity contribution in [1.29, 1.82) is 0 Å². The van der Waals surface area contributed by atoms with Crippen molar-refractivity contribution in [2.75, 3.05) is 41.9 Å². The molecule has 0 spiro atoms. The fraction of sp³-hybridized carbons (Fsp3) is 0.269. The van der Waals surface area contributed by atoms with Crippen molar-refractivity contribution in [2.24, 2.45) is 0 Å². The maximum absolute atomic E-state index is 13.4. The number of sulfonamides is 1. The second-order valence-corrected chi connectivity index (χ2v) is 10.4. The first kappa shape index (κ1) is 22.3. The first-order chi connectivity index (χ1) is 16.5. The van der Waals surface area contributed by atoms with Crippen LogP contribution in [-0.4, -0.2) is 58.1 Å². The number of hydrogen-bond donors (Lipinski definition) is 0. The third-order valence-electron chi connectivity index (χ3n) is 6.25. The predicted octanol–water partition coefficient (Wildman–Crippen LogP) is 3.13. The molecular formula is C26H27N3O4S. The maximum atomic E-state index is 13.4. The smallest absolute Gasteiger partial charge is 0.265 e. The van der Waals surface area contributed by atoms with E-state index in [2.05, 4.69) is 17.0 Å². The molecule has 1 saturated heterocycles. The second kappa shape index (κ2) is 9.38. The zero-order chi connectivity index (χ0) is 23.5. The summed E-state index contributed by atoms with van der Waals surface area (Å²) in [6, 6.07) is 26.2. The Morgan fingerprint density at radius 1 is 0.824 bits per heavy atom. The van der Waals surface area contributed by atoms with Gasteiger partial charge < -0.3 is 14.5 Å². The molecule has 0 radical (unpaired) electrons. The van der Waals surface area contributed by atoms with Gasteiger partial charge in [-0.15, -0.1) is 0 Å². The molecule has 1 atom stereocenters. The number of nitrogens with zero attached hydrogens (tertiary/aromatic N) is 3. The van der Waals surface area contributed by atoms with Gasteiger partial charge in [-0.1, -0.05) is 60.7 Å². The van der Waals surface area contributed by atoms with Crippen molar-refractivity contribution in [3.8, 4) is 5.75 Å². The molecule has 2 aliphatic rings. The van der Waals surface area contributed by atoms with Crippen LogP contribution in [0.1, 0.15) is 5.56 Å². The predicted molar refractivity (Wildman–Crippen MR) is 133 cm³/mol. The van der Waals surface area contributed by atoms with Crippen LogP contribution in [0, 0.1) is 0 Å². The standard InChI is InChI=1S/C26H27N3O4S/c30-26(28-17-15-27(16-18-28)22-11-5-2-6-12-22)25-19-29(23-13-7-8-14-24(23)33-25)34(31,32)20-21-9-3-1-4-10-21/h1-14,25H,15-20H2/t25-/m1/s1. The van der Waals surface area contributed by atoms with Crippen LogP contribution in [0.15, 0.2) is 84.9 Å². The lowest BCUT2D eigenvalue weighted by atomic mass is 10.2. The van der Waals surface area contributed by atoms with Crippen LogP contribution in [0.5, 0.6) is 5.75 Å². The van der Waals surface area contributed by atoms with Crippen LogP contribution in [0.2, 0.25) is 0 Å². The van der Waals surface area contributed by atoms with Crippen LogP contribution < -0.4 is 13.9 Å². The summed E-state index contributed by atoms with van der Waals surface area (Å²) in [5, 5.41) is 0. The average molecular weight is 478 g/mol. The van der Waals surface area contributed by atoms with Gasteiger partial charge in [0.2, 0.25) is 10.0 Å². The number of ether oxygens (including phenoxy) is 1. The van der Waals surface area contributed by atoms with Crippen molar-refractivity contribution in [3.05, 3.63) is 90.5 Å². The van der Waals surface area contributed by atoms with E-state index >= 15 is 0 Å². The molecule has 0 N–H and O–H groups in total. The van der Waals surface area contributed by atoms with Gasteiger partial charge in [0.1, 0.15) is 5.75 Å². The topological polar surface area (TPSA) is 70.2 Å². The molecule has 0 saturated carbocycles. The van der Waals surface area contributed by atoms with Gasteiger partial charge in [0.05, 0.1) is 18.0 Å². The van der Waals surface area contributed by atoms with E-state index in [0.29, 0.717) is 30.1 Å². The Kier molecular flexibility index (Phi) is 6.15. The summed E-state index contributed by atoms with van der Waals surface area (Å²) in [5.74, 6) is 0.0903. The van der Waals surface area contributed by atoms with Crippen molar-refractivity contribution in [2.45, 2.75) is 11.9 Å². The number of para-hydroxylation sites is 3. The van der Waals surface area contributed by atoms with Gasteiger partial charge in [0.15, 0.2) is 6.10 Å². The van der Waals surface area contributed by atoms with Crippen LogP contribution in [-0.2, 0) is 20.6 Å². The number of anilines is 2. The number of rotatable bonds is 5. The number of amides is 1. The monoisotopic (exact) mass is 477 g/mol. The SMILES string of the molecule is O=C([C@H]1CN(S(=O)(=O)Cc2ccccc2)c2ccccc2O1)N1CCN(c2ccccc2)CC1. The molecule has 1 amide bonds. The van der Waals surface area contributed by atoms with Crippen LogP contribution in [0.3, 0.4) is 0 Å². The molecule has 3 aromatic carbocycles. The molecule has 7 nitrogen and oxygen atoms in total. The second-order valence-electron chi connectivity index (χ2n) is 8.50. The summed E-state index contributed by atoms with van der Waals surface area (Å²) < 4.78 is 34.2. The number of carbonyl (C=O) groups excluding carboxylic acids is 1. The zero-order valence-corrected chi connectivity index (χ0v) is 19.6. The van der Waals surface area contributed by atoms with Gasteiger partial charge in [0.25, 0.3) is 5.91 Å². The minimum atomic E-state index is -3.72. The fourth-order valence-corrected chi connectivity index (χ4v) is 6.07. The van der Waals surface area contributed by atoms with E-state index in [9.17, 15) is 13.2 Å². The maximum Gasteiger partial charge on any atom is 0.265 e. The van der Waals surface area contributed by atoms with Crippen molar-refractivity contribution < 1.29 is 17.9 Å². The molecule has 0 unspecified atom stereocenters. The van der Waals surface area contributed by atoms with Gasteiger partial charge in [0, 0.05) is 31.9 Å². The first-order valence-electron chi connectivity index (χ1n) is 11.4. The van der Waals surface area contributed by atoms with Crippen molar-refractivity contribution >= 4 is 27.3 Å². The summed E-state index contributed by atoms with van der Waals surface area (Å²) >= 11 is 0. The lowest BCUT2D eigenvalue weighted by molar-refractivity contribution is -0.138. The highest BCUT2D eigenvalue weighted by molar-refractivity contribution is 7.92. The van der Waals surface area contributed by atoms with Gasteiger partial charge in [-0.25, -0.2) is 8.42 Å². The highest BCUT2D eigenvalue weighted by atomic mass is 32.2. The molecule has 2 heterocycles. The Hall–Kier alpha value is -3.52. The number of carbonyl (C=O) groups is 1. The summed E-state index contributed by atoms with van der Waals surface area (Å²) in [6.45, 7) is 2.52. The fourth-order valence-electron chi connectivity index (χ4n) is 4.48.